The highest BCUT2D eigenvalue weighted by atomic mass is 16.5. The summed E-state index contributed by atoms with van der Waals surface area (Å²) in [5.41, 5.74) is 2.04. The number of rotatable bonds is 3. The predicted octanol–water partition coefficient (Wildman–Crippen LogP) is 4.22. The van der Waals surface area contributed by atoms with Crippen molar-refractivity contribution >= 4 is 5.91 Å². The van der Waals surface area contributed by atoms with Crippen molar-refractivity contribution in [1.82, 2.24) is 15.0 Å². The lowest BCUT2D eigenvalue weighted by Crippen LogP contribution is -2.30. The van der Waals surface area contributed by atoms with E-state index in [2.05, 4.69) is 43.0 Å². The molecule has 1 unspecified atom stereocenters. The zero-order valence-corrected chi connectivity index (χ0v) is 15.2. The maximum absolute atomic E-state index is 13.0. The minimum atomic E-state index is -0.0882. The number of likely N-dealkylation sites (tertiary alicyclic amines) is 1. The summed E-state index contributed by atoms with van der Waals surface area (Å²) in [6, 6.07) is 7.88. The van der Waals surface area contributed by atoms with Crippen LogP contribution in [0, 0.1) is 0 Å². The number of carbonyl (C=O) groups is 1. The second-order valence-electron chi connectivity index (χ2n) is 8.25. The molecule has 1 saturated carbocycles. The molecule has 4 rings (SSSR count). The summed E-state index contributed by atoms with van der Waals surface area (Å²) >= 11 is 0. The Kier molecular flexibility index (Phi) is 3.89. The molecular formula is C20H25N3O2. The Hall–Kier alpha value is -2.17. The second kappa shape index (κ2) is 5.97. The van der Waals surface area contributed by atoms with Crippen molar-refractivity contribution in [3.8, 4) is 0 Å². The minimum absolute atomic E-state index is 0.0501. The summed E-state index contributed by atoms with van der Waals surface area (Å²) in [5, 5.41) is 4.10. The van der Waals surface area contributed by atoms with Crippen molar-refractivity contribution in [2.75, 3.05) is 6.54 Å². The van der Waals surface area contributed by atoms with E-state index in [9.17, 15) is 4.79 Å². The van der Waals surface area contributed by atoms with E-state index in [1.54, 1.807) is 0 Å². The Morgan fingerprint density at radius 3 is 2.52 bits per heavy atom. The Morgan fingerprint density at radius 1 is 1.16 bits per heavy atom. The summed E-state index contributed by atoms with van der Waals surface area (Å²) in [4.78, 5) is 19.4. The van der Waals surface area contributed by atoms with Gasteiger partial charge in [0.15, 0.2) is 5.82 Å². The average Bonchev–Trinajstić information content (AvgIpc) is 3.12. The molecular weight excluding hydrogens is 314 g/mol. The SMILES string of the molecule is CC(C)(C)c1ccc(C(=O)N2CCCC2c2nc(C3CC3)no2)cc1. The normalized spacial score (nSPS) is 20.9. The second-order valence-corrected chi connectivity index (χ2v) is 8.25. The van der Waals surface area contributed by atoms with Gasteiger partial charge in [-0.25, -0.2) is 0 Å². The van der Waals surface area contributed by atoms with E-state index in [-0.39, 0.29) is 17.4 Å². The zero-order valence-electron chi connectivity index (χ0n) is 15.2. The molecule has 1 aliphatic heterocycles. The van der Waals surface area contributed by atoms with Crippen LogP contribution < -0.4 is 0 Å². The van der Waals surface area contributed by atoms with Gasteiger partial charge in [0.05, 0.1) is 0 Å². The number of amides is 1. The monoisotopic (exact) mass is 339 g/mol. The lowest BCUT2D eigenvalue weighted by Gasteiger charge is -2.23. The molecule has 1 aliphatic carbocycles. The molecule has 132 valence electrons. The number of carbonyl (C=O) groups excluding carboxylic acids is 1. The van der Waals surface area contributed by atoms with Gasteiger partial charge in [0, 0.05) is 18.0 Å². The van der Waals surface area contributed by atoms with E-state index in [1.165, 1.54) is 5.56 Å². The molecule has 1 saturated heterocycles. The summed E-state index contributed by atoms with van der Waals surface area (Å²) in [5.74, 6) is 1.92. The summed E-state index contributed by atoms with van der Waals surface area (Å²) < 4.78 is 5.47. The molecule has 0 bridgehead atoms. The van der Waals surface area contributed by atoms with Gasteiger partial charge >= 0.3 is 0 Å². The first-order chi connectivity index (χ1) is 11.9. The topological polar surface area (TPSA) is 59.2 Å². The Balaban J connectivity index is 1.53. The summed E-state index contributed by atoms with van der Waals surface area (Å²) in [6.45, 7) is 7.26. The van der Waals surface area contributed by atoms with Crippen LogP contribution >= 0.6 is 0 Å². The molecule has 0 radical (unpaired) electrons. The van der Waals surface area contributed by atoms with Crippen LogP contribution in [-0.4, -0.2) is 27.5 Å². The van der Waals surface area contributed by atoms with Crippen molar-refractivity contribution in [3.05, 3.63) is 47.1 Å². The highest BCUT2D eigenvalue weighted by molar-refractivity contribution is 5.94. The van der Waals surface area contributed by atoms with Crippen molar-refractivity contribution in [2.24, 2.45) is 0 Å². The lowest BCUT2D eigenvalue weighted by molar-refractivity contribution is 0.0710. The van der Waals surface area contributed by atoms with Gasteiger partial charge in [-0.1, -0.05) is 38.1 Å². The zero-order chi connectivity index (χ0) is 17.6. The van der Waals surface area contributed by atoms with Gasteiger partial charge in [-0.3, -0.25) is 4.79 Å². The Labute approximate surface area is 148 Å². The maximum atomic E-state index is 13.0. The quantitative estimate of drug-likeness (QED) is 0.840. The third-order valence-corrected chi connectivity index (χ3v) is 5.20. The molecule has 1 aromatic carbocycles. The maximum Gasteiger partial charge on any atom is 0.254 e. The third-order valence-electron chi connectivity index (χ3n) is 5.20. The molecule has 2 aromatic rings. The molecule has 25 heavy (non-hydrogen) atoms. The van der Waals surface area contributed by atoms with E-state index in [4.69, 9.17) is 4.52 Å². The van der Waals surface area contributed by atoms with Crippen molar-refractivity contribution in [3.63, 3.8) is 0 Å². The Morgan fingerprint density at radius 2 is 1.88 bits per heavy atom. The highest BCUT2D eigenvalue weighted by Gasteiger charge is 2.36. The van der Waals surface area contributed by atoms with Crippen LogP contribution in [0.4, 0.5) is 0 Å². The molecule has 2 fully saturated rings. The molecule has 2 heterocycles. The van der Waals surface area contributed by atoms with E-state index in [1.807, 2.05) is 17.0 Å². The van der Waals surface area contributed by atoms with Crippen molar-refractivity contribution < 1.29 is 9.32 Å². The van der Waals surface area contributed by atoms with Crippen molar-refractivity contribution in [1.29, 1.82) is 0 Å². The van der Waals surface area contributed by atoms with Crippen LogP contribution in [0.25, 0.3) is 0 Å². The van der Waals surface area contributed by atoms with E-state index >= 15 is 0 Å². The van der Waals surface area contributed by atoms with Crippen molar-refractivity contribution in [2.45, 2.75) is 63.8 Å². The van der Waals surface area contributed by atoms with Gasteiger partial charge in [-0.05, 0) is 48.8 Å². The van der Waals surface area contributed by atoms with Crippen LogP contribution in [0.2, 0.25) is 0 Å². The van der Waals surface area contributed by atoms with E-state index < -0.39 is 0 Å². The number of nitrogens with zero attached hydrogens (tertiary/aromatic N) is 3. The molecule has 5 nitrogen and oxygen atoms in total. The predicted molar refractivity (Wildman–Crippen MR) is 94.4 cm³/mol. The van der Waals surface area contributed by atoms with Crippen LogP contribution in [0.15, 0.2) is 28.8 Å². The average molecular weight is 339 g/mol. The van der Waals surface area contributed by atoms with Gasteiger partial charge in [0.2, 0.25) is 5.89 Å². The number of hydrogen-bond acceptors (Lipinski definition) is 4. The fraction of sp³-hybridized carbons (Fsp3) is 0.550. The molecule has 1 atom stereocenters. The molecule has 0 spiro atoms. The van der Waals surface area contributed by atoms with Gasteiger partial charge in [-0.2, -0.15) is 4.98 Å². The summed E-state index contributed by atoms with van der Waals surface area (Å²) in [7, 11) is 0. The minimum Gasteiger partial charge on any atom is -0.337 e. The van der Waals surface area contributed by atoms with Crippen LogP contribution in [0.3, 0.4) is 0 Å². The standard InChI is InChI=1S/C20H25N3O2/c1-20(2,3)15-10-8-14(9-11-15)19(24)23-12-4-5-16(23)18-21-17(22-25-18)13-6-7-13/h8-11,13,16H,4-7,12H2,1-3H3. The number of aromatic nitrogens is 2. The molecule has 2 aliphatic rings. The lowest BCUT2D eigenvalue weighted by atomic mass is 9.86. The summed E-state index contributed by atoms with van der Waals surface area (Å²) in [6.07, 6.45) is 4.15. The number of benzene rings is 1. The van der Waals surface area contributed by atoms with Crippen LogP contribution in [-0.2, 0) is 5.41 Å². The smallest absolute Gasteiger partial charge is 0.254 e. The largest absolute Gasteiger partial charge is 0.337 e. The first-order valence-electron chi connectivity index (χ1n) is 9.18. The van der Waals surface area contributed by atoms with Gasteiger partial charge in [0.25, 0.3) is 5.91 Å². The number of hydrogen-bond donors (Lipinski definition) is 0. The fourth-order valence-electron chi connectivity index (χ4n) is 3.44. The van der Waals surface area contributed by atoms with Crippen LogP contribution in [0.5, 0.6) is 0 Å². The van der Waals surface area contributed by atoms with Gasteiger partial charge < -0.3 is 9.42 Å². The van der Waals surface area contributed by atoms with E-state index in [0.717, 1.165) is 43.6 Å². The first kappa shape index (κ1) is 16.3. The van der Waals surface area contributed by atoms with Gasteiger partial charge in [0.1, 0.15) is 6.04 Å². The van der Waals surface area contributed by atoms with E-state index in [0.29, 0.717) is 11.8 Å². The first-order valence-corrected chi connectivity index (χ1v) is 9.18. The molecule has 1 amide bonds. The fourth-order valence-corrected chi connectivity index (χ4v) is 3.44. The third kappa shape index (κ3) is 3.20. The van der Waals surface area contributed by atoms with Crippen LogP contribution in [0.1, 0.15) is 86.1 Å². The van der Waals surface area contributed by atoms with Gasteiger partial charge in [-0.15, -0.1) is 0 Å². The molecule has 5 heteroatoms. The Bertz CT molecular complexity index is 769. The molecule has 0 N–H and O–H groups in total. The highest BCUT2D eigenvalue weighted by Crippen LogP contribution is 2.40. The molecule has 1 aromatic heterocycles.